The molecule has 4 heterocycles. The fourth-order valence-corrected chi connectivity index (χ4v) is 5.90. The number of amides is 1. The molecule has 7 nitrogen and oxygen atoms in total. The van der Waals surface area contributed by atoms with E-state index in [1.807, 2.05) is 0 Å². The van der Waals surface area contributed by atoms with Gasteiger partial charge in [-0.3, -0.25) is 4.79 Å². The standard InChI is InChI=1S/C28H40N6O/c1-2-31-17-19-32(20-18-31)26-10-11-27(30-29-26)34-14-6-9-25(22-34)28(35)33-15-12-24(13-16-33)21-23-7-4-3-5-8-23/h3-5,7-8,10-11,24-25H,2,6,9,12-22H2,1H3. The number of likely N-dealkylation sites (tertiary alicyclic amines) is 1. The van der Waals surface area contributed by atoms with Gasteiger partial charge in [0.05, 0.1) is 5.92 Å². The first-order valence-corrected chi connectivity index (χ1v) is 13.6. The van der Waals surface area contributed by atoms with E-state index in [4.69, 9.17) is 0 Å². The molecule has 1 aromatic heterocycles. The summed E-state index contributed by atoms with van der Waals surface area (Å²) in [5.41, 5.74) is 1.41. The predicted molar refractivity (Wildman–Crippen MR) is 141 cm³/mol. The van der Waals surface area contributed by atoms with Crippen LogP contribution in [0.1, 0.15) is 38.2 Å². The molecule has 35 heavy (non-hydrogen) atoms. The van der Waals surface area contributed by atoms with Gasteiger partial charge in [0, 0.05) is 52.4 Å². The van der Waals surface area contributed by atoms with Gasteiger partial charge < -0.3 is 19.6 Å². The molecule has 1 amide bonds. The SMILES string of the molecule is CCN1CCN(c2ccc(N3CCCC(C(=O)N4CCC(Cc5ccccc5)CC4)C3)nn2)CC1. The van der Waals surface area contributed by atoms with E-state index in [2.05, 4.69) is 79.2 Å². The van der Waals surface area contributed by atoms with Crippen LogP contribution in [-0.4, -0.2) is 84.8 Å². The summed E-state index contributed by atoms with van der Waals surface area (Å²) >= 11 is 0. The topological polar surface area (TPSA) is 55.8 Å². The number of carbonyl (C=O) groups excluding carboxylic acids is 1. The van der Waals surface area contributed by atoms with Crippen molar-refractivity contribution in [2.75, 3.05) is 68.7 Å². The summed E-state index contributed by atoms with van der Waals surface area (Å²) in [7, 11) is 0. The minimum atomic E-state index is 0.0676. The first kappa shape index (κ1) is 24.0. The fourth-order valence-electron chi connectivity index (χ4n) is 5.90. The van der Waals surface area contributed by atoms with Gasteiger partial charge in [-0.2, -0.15) is 0 Å². The van der Waals surface area contributed by atoms with Gasteiger partial charge >= 0.3 is 0 Å². The Morgan fingerprint density at radius 1 is 0.829 bits per heavy atom. The number of carbonyl (C=O) groups is 1. The van der Waals surface area contributed by atoms with E-state index in [-0.39, 0.29) is 5.92 Å². The lowest BCUT2D eigenvalue weighted by Gasteiger charge is -2.38. The monoisotopic (exact) mass is 476 g/mol. The van der Waals surface area contributed by atoms with Gasteiger partial charge in [-0.05, 0) is 62.3 Å². The summed E-state index contributed by atoms with van der Waals surface area (Å²) in [4.78, 5) is 22.5. The van der Waals surface area contributed by atoms with Gasteiger partial charge in [0.15, 0.2) is 11.6 Å². The molecule has 188 valence electrons. The van der Waals surface area contributed by atoms with Crippen LogP contribution in [0.4, 0.5) is 11.6 Å². The molecule has 3 saturated heterocycles. The van der Waals surface area contributed by atoms with Crippen LogP contribution >= 0.6 is 0 Å². The summed E-state index contributed by atoms with van der Waals surface area (Å²) in [5, 5.41) is 9.12. The number of rotatable bonds is 6. The largest absolute Gasteiger partial charge is 0.354 e. The Hall–Kier alpha value is -2.67. The molecule has 1 aromatic carbocycles. The molecule has 0 radical (unpaired) electrons. The fraction of sp³-hybridized carbons (Fsp3) is 0.607. The summed E-state index contributed by atoms with van der Waals surface area (Å²) in [5.74, 6) is 2.96. The van der Waals surface area contributed by atoms with Crippen molar-refractivity contribution in [3.63, 3.8) is 0 Å². The van der Waals surface area contributed by atoms with E-state index in [9.17, 15) is 4.79 Å². The number of piperidine rings is 2. The Balaban J connectivity index is 1.12. The highest BCUT2D eigenvalue weighted by molar-refractivity contribution is 5.79. The number of anilines is 2. The Labute approximate surface area is 210 Å². The van der Waals surface area contributed by atoms with Crippen LogP contribution in [-0.2, 0) is 11.2 Å². The zero-order valence-corrected chi connectivity index (χ0v) is 21.2. The molecule has 3 aliphatic heterocycles. The van der Waals surface area contributed by atoms with E-state index in [1.165, 1.54) is 5.56 Å². The van der Waals surface area contributed by atoms with Crippen LogP contribution in [0.3, 0.4) is 0 Å². The minimum absolute atomic E-state index is 0.0676. The third-order valence-corrected chi connectivity index (χ3v) is 8.17. The molecule has 0 spiro atoms. The molecule has 7 heteroatoms. The predicted octanol–water partition coefficient (Wildman–Crippen LogP) is 3.32. The second kappa shape index (κ2) is 11.4. The van der Waals surface area contributed by atoms with Crippen LogP contribution in [0.25, 0.3) is 0 Å². The number of hydrogen-bond donors (Lipinski definition) is 0. The second-order valence-corrected chi connectivity index (χ2v) is 10.4. The molecule has 1 unspecified atom stereocenters. The van der Waals surface area contributed by atoms with Gasteiger partial charge in [-0.25, -0.2) is 0 Å². The number of benzene rings is 1. The maximum absolute atomic E-state index is 13.4. The first-order valence-electron chi connectivity index (χ1n) is 13.6. The first-order chi connectivity index (χ1) is 17.2. The Bertz CT molecular complexity index is 936. The molecule has 0 bridgehead atoms. The molecule has 0 N–H and O–H groups in total. The van der Waals surface area contributed by atoms with E-state index in [1.54, 1.807) is 0 Å². The van der Waals surface area contributed by atoms with Crippen molar-refractivity contribution in [3.05, 3.63) is 48.0 Å². The van der Waals surface area contributed by atoms with Crippen LogP contribution in [0, 0.1) is 11.8 Å². The van der Waals surface area contributed by atoms with Crippen molar-refractivity contribution in [2.24, 2.45) is 11.8 Å². The maximum Gasteiger partial charge on any atom is 0.227 e. The third-order valence-electron chi connectivity index (χ3n) is 8.17. The minimum Gasteiger partial charge on any atom is -0.354 e. The van der Waals surface area contributed by atoms with Crippen LogP contribution in [0.15, 0.2) is 42.5 Å². The van der Waals surface area contributed by atoms with E-state index >= 15 is 0 Å². The number of nitrogens with zero attached hydrogens (tertiary/aromatic N) is 6. The number of aromatic nitrogens is 2. The van der Waals surface area contributed by atoms with Crippen molar-refractivity contribution >= 4 is 17.5 Å². The van der Waals surface area contributed by atoms with Crippen molar-refractivity contribution < 1.29 is 4.79 Å². The zero-order valence-electron chi connectivity index (χ0n) is 21.2. The van der Waals surface area contributed by atoms with Gasteiger partial charge in [-0.15, -0.1) is 10.2 Å². The highest BCUT2D eigenvalue weighted by Crippen LogP contribution is 2.27. The molecule has 0 saturated carbocycles. The Morgan fingerprint density at radius 2 is 1.51 bits per heavy atom. The summed E-state index contributed by atoms with van der Waals surface area (Å²) < 4.78 is 0. The van der Waals surface area contributed by atoms with Gasteiger partial charge in [0.25, 0.3) is 0 Å². The van der Waals surface area contributed by atoms with Crippen LogP contribution in [0.2, 0.25) is 0 Å². The molecule has 3 aliphatic rings. The normalized spacial score (nSPS) is 22.4. The molecule has 3 fully saturated rings. The average Bonchev–Trinajstić information content (AvgIpc) is 2.94. The van der Waals surface area contributed by atoms with Crippen LogP contribution in [0.5, 0.6) is 0 Å². The Morgan fingerprint density at radius 3 is 2.17 bits per heavy atom. The maximum atomic E-state index is 13.4. The van der Waals surface area contributed by atoms with E-state index < -0.39 is 0 Å². The molecule has 5 rings (SSSR count). The average molecular weight is 477 g/mol. The number of hydrogen-bond acceptors (Lipinski definition) is 6. The van der Waals surface area contributed by atoms with Gasteiger partial charge in [-0.1, -0.05) is 37.3 Å². The number of likely N-dealkylation sites (N-methyl/N-ethyl adjacent to an activating group) is 1. The van der Waals surface area contributed by atoms with Crippen molar-refractivity contribution in [3.8, 4) is 0 Å². The van der Waals surface area contributed by atoms with Crippen molar-refractivity contribution in [1.82, 2.24) is 20.0 Å². The Kier molecular flexibility index (Phi) is 7.82. The summed E-state index contributed by atoms with van der Waals surface area (Å²) in [6.45, 7) is 11.0. The quantitative estimate of drug-likeness (QED) is 0.638. The highest BCUT2D eigenvalue weighted by Gasteiger charge is 2.32. The second-order valence-electron chi connectivity index (χ2n) is 10.4. The summed E-state index contributed by atoms with van der Waals surface area (Å²) in [6, 6.07) is 14.9. The van der Waals surface area contributed by atoms with Crippen LogP contribution < -0.4 is 9.80 Å². The lowest BCUT2D eigenvalue weighted by molar-refractivity contribution is -0.137. The van der Waals surface area contributed by atoms with Gasteiger partial charge in [0.1, 0.15) is 0 Å². The summed E-state index contributed by atoms with van der Waals surface area (Å²) in [6.07, 6.45) is 5.35. The highest BCUT2D eigenvalue weighted by atomic mass is 16.2. The van der Waals surface area contributed by atoms with E-state index in [0.29, 0.717) is 11.8 Å². The molecule has 1 atom stereocenters. The zero-order chi connectivity index (χ0) is 24.0. The lowest BCUT2D eigenvalue weighted by atomic mass is 9.89. The molecule has 2 aromatic rings. The molecular weight excluding hydrogens is 436 g/mol. The van der Waals surface area contributed by atoms with E-state index in [0.717, 1.165) is 103 Å². The molecule has 0 aliphatic carbocycles. The van der Waals surface area contributed by atoms with Crippen molar-refractivity contribution in [1.29, 1.82) is 0 Å². The van der Waals surface area contributed by atoms with Crippen molar-refractivity contribution in [2.45, 2.75) is 39.0 Å². The smallest absolute Gasteiger partial charge is 0.227 e. The van der Waals surface area contributed by atoms with Gasteiger partial charge in [0.2, 0.25) is 5.91 Å². The number of piperazine rings is 1. The molecular formula is C28H40N6O. The lowest BCUT2D eigenvalue weighted by Crippen LogP contribution is -2.48. The third kappa shape index (κ3) is 5.95.